The Kier molecular flexibility index (Phi) is 1.96. The highest BCUT2D eigenvalue weighted by molar-refractivity contribution is 7.17. The molecule has 0 N–H and O–H groups in total. The highest BCUT2D eigenvalue weighted by atomic mass is 32.1. The van der Waals surface area contributed by atoms with Crippen LogP contribution in [0.1, 0.15) is 0 Å². The van der Waals surface area contributed by atoms with E-state index < -0.39 is 0 Å². The van der Waals surface area contributed by atoms with Crippen LogP contribution in [0, 0.1) is 0 Å². The number of hydrogen-bond donors (Lipinski definition) is 0. The predicted octanol–water partition coefficient (Wildman–Crippen LogP) is 3.36. The summed E-state index contributed by atoms with van der Waals surface area (Å²) in [6, 6.07) is 12.1. The van der Waals surface area contributed by atoms with Crippen molar-refractivity contribution in [3.63, 3.8) is 0 Å². The van der Waals surface area contributed by atoms with Crippen molar-refractivity contribution in [3.8, 4) is 11.3 Å². The molecule has 72 valence electrons. The summed E-state index contributed by atoms with van der Waals surface area (Å²) in [5, 5.41) is 0. The third kappa shape index (κ3) is 1.41. The molecule has 0 radical (unpaired) electrons. The molecule has 0 aliphatic carbocycles. The van der Waals surface area contributed by atoms with E-state index in [0.29, 0.717) is 0 Å². The molecule has 0 bridgehead atoms. The molecule has 0 aliphatic heterocycles. The molecule has 0 fully saturated rings. The number of fused-ring (bicyclic) bond motifs is 1. The van der Waals surface area contributed by atoms with Crippen molar-refractivity contribution in [2.24, 2.45) is 0 Å². The largest absolute Gasteiger partial charge is 0.255 e. The van der Waals surface area contributed by atoms with E-state index >= 15 is 0 Å². The van der Waals surface area contributed by atoms with E-state index in [2.05, 4.69) is 22.1 Å². The Morgan fingerprint density at radius 3 is 2.67 bits per heavy atom. The zero-order valence-corrected chi connectivity index (χ0v) is 8.74. The molecule has 0 saturated carbocycles. The van der Waals surface area contributed by atoms with Crippen LogP contribution in [0.15, 0.2) is 48.1 Å². The van der Waals surface area contributed by atoms with E-state index in [1.165, 1.54) is 0 Å². The Hall–Kier alpha value is -1.74. The molecule has 3 aromatic rings. The van der Waals surface area contributed by atoms with Gasteiger partial charge in [0, 0.05) is 11.8 Å². The molecule has 3 rings (SSSR count). The first-order chi connectivity index (χ1) is 7.45. The van der Waals surface area contributed by atoms with Crippen molar-refractivity contribution >= 4 is 21.6 Å². The van der Waals surface area contributed by atoms with Crippen molar-refractivity contribution < 1.29 is 0 Å². The fraction of sp³-hybridized carbons (Fsp3) is 0. The lowest BCUT2D eigenvalue weighted by molar-refractivity contribution is 1.35. The predicted molar refractivity (Wildman–Crippen MR) is 62.9 cm³/mol. The molecular weight excluding hydrogens is 204 g/mol. The average Bonchev–Trinajstić information content (AvgIpc) is 2.78. The third-order valence-corrected chi connectivity index (χ3v) is 3.14. The zero-order chi connectivity index (χ0) is 10.1. The van der Waals surface area contributed by atoms with E-state index in [1.807, 2.05) is 36.0 Å². The molecule has 0 amide bonds. The molecule has 2 nitrogen and oxygen atoms in total. The Balaban J connectivity index is 2.31. The van der Waals surface area contributed by atoms with Crippen molar-refractivity contribution in [1.82, 2.24) is 9.97 Å². The number of aromatic nitrogens is 2. The van der Waals surface area contributed by atoms with Gasteiger partial charge in [0.2, 0.25) is 0 Å². The zero-order valence-electron chi connectivity index (χ0n) is 7.92. The SMILES string of the molecule is c1ccc(-c2nccc3ncsc23)cc1. The number of thiazole rings is 1. The first-order valence-electron chi connectivity index (χ1n) is 4.69. The Labute approximate surface area is 91.2 Å². The quantitative estimate of drug-likeness (QED) is 0.618. The van der Waals surface area contributed by atoms with Crippen LogP contribution in [-0.2, 0) is 0 Å². The van der Waals surface area contributed by atoms with Gasteiger partial charge in [0.15, 0.2) is 0 Å². The maximum Gasteiger partial charge on any atom is 0.0896 e. The number of hydrogen-bond acceptors (Lipinski definition) is 3. The lowest BCUT2D eigenvalue weighted by Crippen LogP contribution is -1.82. The van der Waals surface area contributed by atoms with Gasteiger partial charge in [-0.2, -0.15) is 0 Å². The summed E-state index contributed by atoms with van der Waals surface area (Å²) >= 11 is 1.64. The molecule has 0 unspecified atom stereocenters. The minimum absolute atomic E-state index is 1.02. The fourth-order valence-corrected chi connectivity index (χ4v) is 2.39. The van der Waals surface area contributed by atoms with Crippen molar-refractivity contribution in [2.75, 3.05) is 0 Å². The van der Waals surface area contributed by atoms with Gasteiger partial charge in [0.05, 0.1) is 21.4 Å². The van der Waals surface area contributed by atoms with E-state index in [1.54, 1.807) is 11.3 Å². The molecular formula is C12H8N2S. The van der Waals surface area contributed by atoms with Crippen LogP contribution in [0.5, 0.6) is 0 Å². The topological polar surface area (TPSA) is 25.8 Å². The van der Waals surface area contributed by atoms with Crippen LogP contribution >= 0.6 is 11.3 Å². The minimum atomic E-state index is 1.02. The molecule has 0 atom stereocenters. The maximum atomic E-state index is 4.42. The lowest BCUT2D eigenvalue weighted by Gasteiger charge is -2.00. The van der Waals surface area contributed by atoms with Crippen LogP contribution in [0.25, 0.3) is 21.5 Å². The summed E-state index contributed by atoms with van der Waals surface area (Å²) < 4.78 is 1.16. The van der Waals surface area contributed by atoms with E-state index in [0.717, 1.165) is 21.5 Å². The minimum Gasteiger partial charge on any atom is -0.255 e. The number of nitrogens with zero attached hydrogens (tertiary/aromatic N) is 2. The van der Waals surface area contributed by atoms with Gasteiger partial charge >= 0.3 is 0 Å². The summed E-state index contributed by atoms with van der Waals surface area (Å²) in [4.78, 5) is 8.70. The first-order valence-corrected chi connectivity index (χ1v) is 5.57. The van der Waals surface area contributed by atoms with Crippen molar-refractivity contribution in [2.45, 2.75) is 0 Å². The van der Waals surface area contributed by atoms with E-state index in [-0.39, 0.29) is 0 Å². The van der Waals surface area contributed by atoms with Gasteiger partial charge in [0.25, 0.3) is 0 Å². The highest BCUT2D eigenvalue weighted by Crippen LogP contribution is 2.28. The number of rotatable bonds is 1. The summed E-state index contributed by atoms with van der Waals surface area (Å²) in [5.74, 6) is 0. The van der Waals surface area contributed by atoms with Crippen LogP contribution in [0.4, 0.5) is 0 Å². The molecule has 15 heavy (non-hydrogen) atoms. The molecule has 1 aromatic carbocycles. The normalized spacial score (nSPS) is 10.7. The summed E-state index contributed by atoms with van der Waals surface area (Å²) in [6.45, 7) is 0. The van der Waals surface area contributed by atoms with Gasteiger partial charge in [-0.15, -0.1) is 11.3 Å². The second-order valence-electron chi connectivity index (χ2n) is 3.23. The molecule has 0 saturated heterocycles. The standard InChI is InChI=1S/C12H8N2S/c1-2-4-9(5-3-1)11-12-10(6-7-13-11)14-8-15-12/h1-8H. The van der Waals surface area contributed by atoms with Crippen LogP contribution in [0.2, 0.25) is 0 Å². The summed E-state index contributed by atoms with van der Waals surface area (Å²) in [5.41, 5.74) is 5.05. The first kappa shape index (κ1) is 8.56. The average molecular weight is 212 g/mol. The van der Waals surface area contributed by atoms with Gasteiger partial charge in [0.1, 0.15) is 0 Å². The maximum absolute atomic E-state index is 4.42. The summed E-state index contributed by atoms with van der Waals surface area (Å²) in [7, 11) is 0. The van der Waals surface area contributed by atoms with Gasteiger partial charge in [-0.05, 0) is 6.07 Å². The van der Waals surface area contributed by atoms with Crippen molar-refractivity contribution in [1.29, 1.82) is 0 Å². The van der Waals surface area contributed by atoms with Gasteiger partial charge in [-0.1, -0.05) is 30.3 Å². The Morgan fingerprint density at radius 2 is 1.80 bits per heavy atom. The monoisotopic (exact) mass is 212 g/mol. The van der Waals surface area contributed by atoms with Gasteiger partial charge in [-0.3, -0.25) is 4.98 Å². The molecule has 0 spiro atoms. The van der Waals surface area contributed by atoms with Crippen molar-refractivity contribution in [3.05, 3.63) is 48.1 Å². The second kappa shape index (κ2) is 3.44. The Morgan fingerprint density at radius 1 is 0.933 bits per heavy atom. The second-order valence-corrected chi connectivity index (χ2v) is 4.08. The number of pyridine rings is 1. The third-order valence-electron chi connectivity index (χ3n) is 2.29. The van der Waals surface area contributed by atoms with Crippen LogP contribution in [0.3, 0.4) is 0 Å². The van der Waals surface area contributed by atoms with E-state index in [9.17, 15) is 0 Å². The van der Waals surface area contributed by atoms with Gasteiger partial charge in [-0.25, -0.2) is 4.98 Å². The molecule has 0 aliphatic rings. The smallest absolute Gasteiger partial charge is 0.0896 e. The molecule has 2 aromatic heterocycles. The van der Waals surface area contributed by atoms with Gasteiger partial charge < -0.3 is 0 Å². The van der Waals surface area contributed by atoms with Crippen LogP contribution < -0.4 is 0 Å². The lowest BCUT2D eigenvalue weighted by atomic mass is 10.1. The highest BCUT2D eigenvalue weighted by Gasteiger charge is 2.05. The number of benzene rings is 1. The summed E-state index contributed by atoms with van der Waals surface area (Å²) in [6.07, 6.45) is 1.81. The van der Waals surface area contributed by atoms with Crippen LogP contribution in [-0.4, -0.2) is 9.97 Å². The Bertz CT molecular complexity index is 587. The molecule has 2 heterocycles. The molecule has 3 heteroatoms. The van der Waals surface area contributed by atoms with E-state index in [4.69, 9.17) is 0 Å². The fourth-order valence-electron chi connectivity index (χ4n) is 1.59.